The molecule has 0 saturated carbocycles. The van der Waals surface area contributed by atoms with Crippen LogP contribution >= 0.6 is 11.8 Å². The first-order chi connectivity index (χ1) is 13.6. The van der Waals surface area contributed by atoms with Gasteiger partial charge in [0.15, 0.2) is 0 Å². The molecule has 0 aliphatic rings. The molecule has 6 heteroatoms. The Morgan fingerprint density at radius 2 is 1.86 bits per heavy atom. The smallest absolute Gasteiger partial charge is 0.337 e. The molecule has 0 atom stereocenters. The summed E-state index contributed by atoms with van der Waals surface area (Å²) in [6.45, 7) is 0. The highest BCUT2D eigenvalue weighted by Crippen LogP contribution is 2.33. The molecular weight excluding hydrogens is 375 g/mol. The number of carbonyl (C=O) groups is 1. The van der Waals surface area contributed by atoms with Gasteiger partial charge in [0.1, 0.15) is 5.82 Å². The molecule has 0 aromatic heterocycles. The molecule has 2 N–H and O–H groups in total. The van der Waals surface area contributed by atoms with Crippen LogP contribution in [0.4, 0.5) is 15.8 Å². The zero-order valence-electron chi connectivity index (χ0n) is 15.2. The van der Waals surface area contributed by atoms with Crippen molar-refractivity contribution in [1.29, 1.82) is 5.41 Å². The lowest BCUT2D eigenvalue weighted by atomic mass is 10.1. The number of halogens is 1. The molecule has 28 heavy (non-hydrogen) atoms. The summed E-state index contributed by atoms with van der Waals surface area (Å²) < 4.78 is 18.0. The number of hydrogen-bond acceptors (Lipinski definition) is 5. The number of esters is 1. The molecule has 0 heterocycles. The van der Waals surface area contributed by atoms with Crippen LogP contribution in [0.15, 0.2) is 71.6 Å². The highest BCUT2D eigenvalue weighted by molar-refractivity contribution is 7.98. The molecule has 0 radical (unpaired) electrons. The maximum absolute atomic E-state index is 13.2. The van der Waals surface area contributed by atoms with Crippen molar-refractivity contribution in [1.82, 2.24) is 0 Å². The van der Waals surface area contributed by atoms with Gasteiger partial charge in [-0.2, -0.15) is 0 Å². The van der Waals surface area contributed by atoms with Crippen LogP contribution < -0.4 is 5.32 Å². The SMILES string of the molecule is COC(=O)c1cc(Nc2ccc(F)cc2)c(C=N)c(SCc2ccccc2)c1. The van der Waals surface area contributed by atoms with Crippen LogP contribution in [-0.4, -0.2) is 19.3 Å². The second-order valence-electron chi connectivity index (χ2n) is 5.98. The fourth-order valence-corrected chi connectivity index (χ4v) is 3.71. The quantitative estimate of drug-likeness (QED) is 0.309. The van der Waals surface area contributed by atoms with Crippen molar-refractivity contribution in [3.8, 4) is 0 Å². The summed E-state index contributed by atoms with van der Waals surface area (Å²) >= 11 is 1.53. The van der Waals surface area contributed by atoms with Gasteiger partial charge in [-0.05, 0) is 42.0 Å². The molecule has 0 amide bonds. The zero-order chi connectivity index (χ0) is 19.9. The maximum Gasteiger partial charge on any atom is 0.337 e. The summed E-state index contributed by atoms with van der Waals surface area (Å²) in [5, 5.41) is 11.0. The summed E-state index contributed by atoms with van der Waals surface area (Å²) in [7, 11) is 1.33. The Morgan fingerprint density at radius 1 is 1.14 bits per heavy atom. The van der Waals surface area contributed by atoms with Crippen LogP contribution in [0.1, 0.15) is 21.5 Å². The van der Waals surface area contributed by atoms with Crippen LogP contribution in [0, 0.1) is 11.2 Å². The number of carbonyl (C=O) groups excluding carboxylic acids is 1. The van der Waals surface area contributed by atoms with E-state index in [9.17, 15) is 9.18 Å². The lowest BCUT2D eigenvalue weighted by Gasteiger charge is -2.15. The van der Waals surface area contributed by atoms with E-state index in [-0.39, 0.29) is 5.82 Å². The first kappa shape index (κ1) is 19.6. The number of hydrogen-bond donors (Lipinski definition) is 2. The molecule has 3 aromatic rings. The van der Waals surface area contributed by atoms with E-state index < -0.39 is 5.97 Å². The van der Waals surface area contributed by atoms with Crippen molar-refractivity contribution in [2.75, 3.05) is 12.4 Å². The van der Waals surface area contributed by atoms with Gasteiger partial charge in [0.05, 0.1) is 12.7 Å². The number of anilines is 2. The van der Waals surface area contributed by atoms with Crippen LogP contribution in [0.25, 0.3) is 0 Å². The van der Waals surface area contributed by atoms with E-state index in [0.717, 1.165) is 10.5 Å². The normalized spacial score (nSPS) is 10.4. The summed E-state index contributed by atoms with van der Waals surface area (Å²) in [4.78, 5) is 12.9. The molecule has 0 unspecified atom stereocenters. The fourth-order valence-electron chi connectivity index (χ4n) is 2.66. The molecule has 4 nitrogen and oxygen atoms in total. The highest BCUT2D eigenvalue weighted by atomic mass is 32.2. The molecule has 142 valence electrons. The van der Waals surface area contributed by atoms with Gasteiger partial charge in [-0.25, -0.2) is 9.18 Å². The Labute approximate surface area is 167 Å². The molecule has 3 rings (SSSR count). The van der Waals surface area contributed by atoms with Crippen LogP contribution in [-0.2, 0) is 10.5 Å². The maximum atomic E-state index is 13.2. The van der Waals surface area contributed by atoms with Crippen molar-refractivity contribution < 1.29 is 13.9 Å². The summed E-state index contributed by atoms with van der Waals surface area (Å²) in [5.74, 6) is -0.0945. The average molecular weight is 394 g/mol. The minimum atomic E-state index is -0.458. The topological polar surface area (TPSA) is 62.2 Å². The second-order valence-corrected chi connectivity index (χ2v) is 6.99. The molecule has 0 saturated heterocycles. The van der Waals surface area contributed by atoms with E-state index in [1.54, 1.807) is 24.3 Å². The number of nitrogens with one attached hydrogen (secondary N) is 2. The minimum Gasteiger partial charge on any atom is -0.465 e. The van der Waals surface area contributed by atoms with E-state index in [0.29, 0.717) is 28.3 Å². The second kappa shape index (κ2) is 9.19. The van der Waals surface area contributed by atoms with E-state index >= 15 is 0 Å². The van der Waals surface area contributed by atoms with Crippen LogP contribution in [0.5, 0.6) is 0 Å². The van der Waals surface area contributed by atoms with Gasteiger partial charge in [0.2, 0.25) is 0 Å². The number of rotatable bonds is 7. The van der Waals surface area contributed by atoms with Gasteiger partial charge >= 0.3 is 5.97 Å². The third-order valence-electron chi connectivity index (χ3n) is 4.07. The van der Waals surface area contributed by atoms with Crippen molar-refractivity contribution in [3.05, 3.63) is 89.2 Å². The fraction of sp³-hybridized carbons (Fsp3) is 0.0909. The number of methoxy groups -OCH3 is 1. The van der Waals surface area contributed by atoms with Gasteiger partial charge in [-0.15, -0.1) is 11.8 Å². The molecule has 3 aromatic carbocycles. The zero-order valence-corrected chi connectivity index (χ0v) is 16.1. The lowest BCUT2D eigenvalue weighted by Crippen LogP contribution is -2.05. The summed E-state index contributed by atoms with van der Waals surface area (Å²) in [6.07, 6.45) is 1.25. The van der Waals surface area contributed by atoms with Gasteiger partial charge in [0.25, 0.3) is 0 Å². The van der Waals surface area contributed by atoms with E-state index in [2.05, 4.69) is 5.32 Å². The first-order valence-corrected chi connectivity index (χ1v) is 9.55. The molecule has 0 fully saturated rings. The van der Waals surface area contributed by atoms with Gasteiger partial charge in [-0.1, -0.05) is 30.3 Å². The third kappa shape index (κ3) is 4.78. The number of ether oxygens (including phenoxy) is 1. The Kier molecular flexibility index (Phi) is 6.45. The standard InChI is InChI=1S/C22H19FN2O2S/c1-27-22(26)16-11-20(25-18-9-7-17(23)8-10-18)19(13-24)21(12-16)28-14-15-5-3-2-4-6-15/h2-13,24-25H,14H2,1H3. The number of benzene rings is 3. The Balaban J connectivity index is 1.97. The van der Waals surface area contributed by atoms with Crippen molar-refractivity contribution >= 4 is 35.3 Å². The Bertz CT molecular complexity index is 976. The largest absolute Gasteiger partial charge is 0.465 e. The predicted octanol–water partition coefficient (Wildman–Crippen LogP) is 5.65. The van der Waals surface area contributed by atoms with Gasteiger partial charge in [-0.3, -0.25) is 0 Å². The monoisotopic (exact) mass is 394 g/mol. The molecule has 0 aliphatic heterocycles. The predicted molar refractivity (Wildman–Crippen MR) is 111 cm³/mol. The molecular formula is C22H19FN2O2S. The highest BCUT2D eigenvalue weighted by Gasteiger charge is 2.15. The first-order valence-electron chi connectivity index (χ1n) is 8.57. The van der Waals surface area contributed by atoms with E-state index in [4.69, 9.17) is 10.1 Å². The molecule has 0 spiro atoms. The summed E-state index contributed by atoms with van der Waals surface area (Å²) in [5.41, 5.74) is 3.41. The Hall–Kier alpha value is -3.12. The van der Waals surface area contributed by atoms with Gasteiger partial charge in [0, 0.05) is 33.8 Å². The van der Waals surface area contributed by atoms with Crippen molar-refractivity contribution in [3.63, 3.8) is 0 Å². The lowest BCUT2D eigenvalue weighted by molar-refractivity contribution is 0.0600. The Morgan fingerprint density at radius 3 is 2.50 bits per heavy atom. The number of thioether (sulfide) groups is 1. The van der Waals surface area contributed by atoms with E-state index in [1.807, 2.05) is 30.3 Å². The van der Waals surface area contributed by atoms with Crippen LogP contribution in [0.2, 0.25) is 0 Å². The van der Waals surface area contributed by atoms with E-state index in [1.165, 1.54) is 37.2 Å². The molecule has 0 aliphatic carbocycles. The average Bonchev–Trinajstić information content (AvgIpc) is 2.73. The van der Waals surface area contributed by atoms with Gasteiger partial charge < -0.3 is 15.5 Å². The third-order valence-corrected chi connectivity index (χ3v) is 5.19. The molecule has 0 bridgehead atoms. The summed E-state index contributed by atoms with van der Waals surface area (Å²) in [6, 6.07) is 19.2. The van der Waals surface area contributed by atoms with Crippen molar-refractivity contribution in [2.24, 2.45) is 0 Å². The minimum absolute atomic E-state index is 0.333. The van der Waals surface area contributed by atoms with Crippen LogP contribution in [0.3, 0.4) is 0 Å². The van der Waals surface area contributed by atoms with Crippen molar-refractivity contribution in [2.45, 2.75) is 10.6 Å².